The zero-order valence-corrected chi connectivity index (χ0v) is 23.8. The number of fused-ring (bicyclic) bond motifs is 3. The van der Waals surface area contributed by atoms with Crippen LogP contribution in [0.3, 0.4) is 0 Å². The quantitative estimate of drug-likeness (QED) is 0.172. The monoisotopic (exact) mass is 608 g/mol. The zero-order valence-electron chi connectivity index (χ0n) is 22.2. The average Bonchev–Trinajstić information content (AvgIpc) is 3.65. The van der Waals surface area contributed by atoms with Gasteiger partial charge >= 0.3 is 5.69 Å². The van der Waals surface area contributed by atoms with Gasteiger partial charge in [0.05, 0.1) is 32.2 Å². The van der Waals surface area contributed by atoms with E-state index >= 15 is 0 Å². The number of hydrogen-bond acceptors (Lipinski definition) is 9. The summed E-state index contributed by atoms with van der Waals surface area (Å²) in [4.78, 5) is 41.7. The van der Waals surface area contributed by atoms with Gasteiger partial charge in [-0.2, -0.15) is 0 Å². The Bertz CT molecular complexity index is 2150. The van der Waals surface area contributed by atoms with Gasteiger partial charge in [-0.3, -0.25) is 29.6 Å². The van der Waals surface area contributed by atoms with Gasteiger partial charge in [0.25, 0.3) is 11.2 Å². The van der Waals surface area contributed by atoms with E-state index in [2.05, 4.69) is 18.2 Å². The van der Waals surface area contributed by atoms with Gasteiger partial charge in [-0.05, 0) is 65.3 Å². The second-order valence-corrected chi connectivity index (χ2v) is 12.0. The summed E-state index contributed by atoms with van der Waals surface area (Å²) >= 11 is 2.97. The number of aromatic nitrogens is 1. The van der Waals surface area contributed by atoms with Gasteiger partial charge in [0.1, 0.15) is 5.75 Å². The summed E-state index contributed by atoms with van der Waals surface area (Å²) < 4.78 is 8.02. The first-order valence-electron chi connectivity index (χ1n) is 13.2. The molecule has 0 amide bonds. The maximum atomic E-state index is 13.9. The molecular formula is C31H20N4O6S2. The lowest BCUT2D eigenvalue weighted by atomic mass is 9.85. The second kappa shape index (κ2) is 10.6. The zero-order chi connectivity index (χ0) is 29.7. The number of thiophene rings is 1. The summed E-state index contributed by atoms with van der Waals surface area (Å²) in [7, 11) is 0. The van der Waals surface area contributed by atoms with Gasteiger partial charge in [0.15, 0.2) is 4.80 Å². The molecule has 1 aliphatic heterocycles. The molecule has 2 aliphatic rings. The lowest BCUT2D eigenvalue weighted by Gasteiger charge is -2.30. The van der Waals surface area contributed by atoms with Gasteiger partial charge in [-0.15, -0.1) is 11.3 Å². The number of non-ortho nitro benzene ring substituents is 1. The van der Waals surface area contributed by atoms with Crippen LogP contribution in [0.4, 0.5) is 11.4 Å². The average molecular weight is 609 g/mol. The van der Waals surface area contributed by atoms with E-state index in [0.717, 1.165) is 52.2 Å². The molecule has 5 aromatic rings. The van der Waals surface area contributed by atoms with Crippen LogP contribution < -0.4 is 19.6 Å². The SMILES string of the molecule is O=c1/c(=C\c2ccc(Oc3ccc([N+](=O)[O-])cc3[N+](=O)[O-])cc2)sc2n1[C@@H](c1cccs1)C1=C(N=2)c2ccccc2CC1. The third kappa shape index (κ3) is 4.76. The third-order valence-corrected chi connectivity index (χ3v) is 9.35. The number of aryl methyl sites for hydroxylation is 1. The Hall–Kier alpha value is -5.20. The van der Waals surface area contributed by atoms with Crippen LogP contribution in [0.1, 0.15) is 34.0 Å². The van der Waals surface area contributed by atoms with Crippen LogP contribution in [0.5, 0.6) is 11.5 Å². The van der Waals surface area contributed by atoms with E-state index in [-0.39, 0.29) is 17.4 Å². The van der Waals surface area contributed by atoms with Crippen molar-refractivity contribution in [3.8, 4) is 11.5 Å². The highest BCUT2D eigenvalue weighted by Gasteiger charge is 2.33. The summed E-state index contributed by atoms with van der Waals surface area (Å²) in [6, 6.07) is 22.1. The predicted molar refractivity (Wildman–Crippen MR) is 163 cm³/mol. The van der Waals surface area contributed by atoms with Crippen LogP contribution in [0.15, 0.2) is 99.6 Å². The topological polar surface area (TPSA) is 130 Å². The van der Waals surface area contributed by atoms with Crippen LogP contribution in [0.25, 0.3) is 11.8 Å². The standard InChI is InChI=1S/C31H20N4O6S2/c36-30-27(16-18-7-11-21(12-8-18)41-25-14-10-20(34(37)38)17-24(25)35(39)40)43-31-32-28-22-5-2-1-4-19(22)9-13-23(28)29(33(30)31)26-6-3-15-42-26/h1-8,10-12,14-17,29H,9,13H2/b27-16+/t29-/m1/s1. The van der Waals surface area contributed by atoms with E-state index < -0.39 is 21.2 Å². The Morgan fingerprint density at radius 1 is 0.953 bits per heavy atom. The fourth-order valence-corrected chi connectivity index (χ4v) is 7.33. The molecular weight excluding hydrogens is 588 g/mol. The molecule has 3 aromatic carbocycles. The molecule has 1 atom stereocenters. The number of nitro benzene ring substituents is 2. The molecule has 43 heavy (non-hydrogen) atoms. The molecule has 1 aliphatic carbocycles. The van der Waals surface area contributed by atoms with Gasteiger partial charge < -0.3 is 4.74 Å². The van der Waals surface area contributed by atoms with Crippen molar-refractivity contribution in [1.82, 2.24) is 4.57 Å². The van der Waals surface area contributed by atoms with Crippen LogP contribution in [0.2, 0.25) is 0 Å². The predicted octanol–water partition coefficient (Wildman–Crippen LogP) is 5.99. The lowest BCUT2D eigenvalue weighted by molar-refractivity contribution is -0.394. The Labute approximate surface area is 251 Å². The van der Waals surface area contributed by atoms with E-state index in [9.17, 15) is 25.0 Å². The maximum absolute atomic E-state index is 13.9. The van der Waals surface area contributed by atoms with Crippen molar-refractivity contribution in [1.29, 1.82) is 0 Å². The van der Waals surface area contributed by atoms with Crippen molar-refractivity contribution in [2.45, 2.75) is 18.9 Å². The number of nitrogens with zero attached hydrogens (tertiary/aromatic N) is 4. The van der Waals surface area contributed by atoms with Crippen molar-refractivity contribution < 1.29 is 14.6 Å². The number of nitro groups is 2. The first-order valence-corrected chi connectivity index (χ1v) is 14.9. The lowest BCUT2D eigenvalue weighted by Crippen LogP contribution is -2.38. The highest BCUT2D eigenvalue weighted by Crippen LogP contribution is 2.42. The normalized spacial score (nSPS) is 15.7. The molecule has 0 saturated carbocycles. The Morgan fingerprint density at radius 3 is 2.51 bits per heavy atom. The highest BCUT2D eigenvalue weighted by atomic mass is 32.1. The minimum absolute atomic E-state index is 0.115. The molecule has 212 valence electrons. The Balaban J connectivity index is 1.26. The fourth-order valence-electron chi connectivity index (χ4n) is 5.48. The van der Waals surface area contributed by atoms with E-state index in [0.29, 0.717) is 15.1 Å². The van der Waals surface area contributed by atoms with Crippen LogP contribution >= 0.6 is 22.7 Å². The fraction of sp³-hybridized carbons (Fsp3) is 0.0968. The number of rotatable bonds is 6. The van der Waals surface area contributed by atoms with Crippen LogP contribution in [0, 0.1) is 20.2 Å². The number of ether oxygens (including phenoxy) is 1. The summed E-state index contributed by atoms with van der Waals surface area (Å²) in [5.41, 5.74) is 4.19. The molecule has 0 bridgehead atoms. The van der Waals surface area contributed by atoms with Crippen LogP contribution in [-0.2, 0) is 6.42 Å². The molecule has 0 N–H and O–H groups in total. The van der Waals surface area contributed by atoms with Gasteiger partial charge in [0, 0.05) is 16.5 Å². The van der Waals surface area contributed by atoms with E-state index in [4.69, 9.17) is 9.73 Å². The first kappa shape index (κ1) is 26.7. The molecule has 10 nitrogen and oxygen atoms in total. The minimum atomic E-state index is -0.726. The van der Waals surface area contributed by atoms with E-state index in [1.807, 2.05) is 23.6 Å². The molecule has 0 fully saturated rings. The van der Waals surface area contributed by atoms with Crippen molar-refractivity contribution in [2.75, 3.05) is 0 Å². The number of allylic oxidation sites excluding steroid dienone is 1. The molecule has 12 heteroatoms. The third-order valence-electron chi connectivity index (χ3n) is 7.44. The summed E-state index contributed by atoms with van der Waals surface area (Å²) in [5.74, 6) is 0.190. The molecule has 0 unspecified atom stereocenters. The molecule has 2 aromatic heterocycles. The molecule has 3 heterocycles. The van der Waals surface area contributed by atoms with Crippen molar-refractivity contribution in [3.05, 3.63) is 151 Å². The van der Waals surface area contributed by atoms with E-state index in [1.165, 1.54) is 23.0 Å². The smallest absolute Gasteiger partial charge is 0.318 e. The molecule has 7 rings (SSSR count). The number of benzene rings is 3. The summed E-state index contributed by atoms with van der Waals surface area (Å²) in [6.07, 6.45) is 3.52. The number of hydrogen-bond donors (Lipinski definition) is 0. The van der Waals surface area contributed by atoms with Crippen molar-refractivity contribution >= 4 is 45.8 Å². The Morgan fingerprint density at radius 2 is 1.77 bits per heavy atom. The largest absolute Gasteiger partial charge is 0.450 e. The molecule has 0 radical (unpaired) electrons. The summed E-state index contributed by atoms with van der Waals surface area (Å²) in [5, 5.41) is 24.5. The van der Waals surface area contributed by atoms with Crippen molar-refractivity contribution in [3.63, 3.8) is 0 Å². The molecule has 0 saturated heterocycles. The second-order valence-electron chi connectivity index (χ2n) is 9.97. The first-order chi connectivity index (χ1) is 20.9. The minimum Gasteiger partial charge on any atom is -0.450 e. The number of thiazole rings is 1. The molecule has 0 spiro atoms. The van der Waals surface area contributed by atoms with Gasteiger partial charge in [0.2, 0.25) is 5.75 Å². The van der Waals surface area contributed by atoms with Gasteiger partial charge in [-0.25, -0.2) is 4.99 Å². The van der Waals surface area contributed by atoms with E-state index in [1.54, 1.807) is 46.2 Å². The van der Waals surface area contributed by atoms with Crippen LogP contribution in [-0.4, -0.2) is 14.4 Å². The van der Waals surface area contributed by atoms with Gasteiger partial charge in [-0.1, -0.05) is 53.8 Å². The summed E-state index contributed by atoms with van der Waals surface area (Å²) in [6.45, 7) is 0. The highest BCUT2D eigenvalue weighted by molar-refractivity contribution is 7.10. The maximum Gasteiger partial charge on any atom is 0.318 e. The van der Waals surface area contributed by atoms with Crippen molar-refractivity contribution in [2.24, 2.45) is 4.99 Å². The Kier molecular flexibility index (Phi) is 6.56.